The predicted octanol–water partition coefficient (Wildman–Crippen LogP) is 3.14. The normalized spacial score (nSPS) is 20.0. The maximum Gasteiger partial charge on any atom is 0.125 e. The molecule has 0 aliphatic heterocycles. The summed E-state index contributed by atoms with van der Waals surface area (Å²) >= 11 is 0. The second-order valence-corrected chi connectivity index (χ2v) is 7.23. The molecule has 3 unspecified atom stereocenters. The number of nitrogens with two attached hydrogens (primary N) is 3. The zero-order valence-electron chi connectivity index (χ0n) is 15.0. The van der Waals surface area contributed by atoms with E-state index in [9.17, 15) is 5.11 Å². The molecule has 1 aromatic carbocycles. The quantitative estimate of drug-likeness (QED) is 0.649. The Balaban J connectivity index is 3.73. The number of aromatic hydroxyl groups is 1. The van der Waals surface area contributed by atoms with Gasteiger partial charge in [0.1, 0.15) is 5.75 Å². The van der Waals surface area contributed by atoms with Gasteiger partial charge in [-0.05, 0) is 57.7 Å². The van der Waals surface area contributed by atoms with Crippen LogP contribution in [0.15, 0.2) is 12.1 Å². The average Bonchev–Trinajstić information content (AvgIpc) is 2.46. The Morgan fingerprint density at radius 3 is 1.36 bits per heavy atom. The predicted molar refractivity (Wildman–Crippen MR) is 93.6 cm³/mol. The third-order valence-corrected chi connectivity index (χ3v) is 5.20. The van der Waals surface area contributed by atoms with Crippen LogP contribution in [0.5, 0.6) is 5.75 Å². The van der Waals surface area contributed by atoms with E-state index in [1.165, 1.54) is 0 Å². The van der Waals surface area contributed by atoms with Crippen LogP contribution in [-0.4, -0.2) is 5.11 Å². The van der Waals surface area contributed by atoms with Crippen molar-refractivity contribution < 1.29 is 5.11 Å². The maximum atomic E-state index is 10.8. The third-order valence-electron chi connectivity index (χ3n) is 5.20. The van der Waals surface area contributed by atoms with Gasteiger partial charge in [0.15, 0.2) is 0 Å². The minimum Gasteiger partial charge on any atom is -0.507 e. The Morgan fingerprint density at radius 1 is 0.773 bits per heavy atom. The van der Waals surface area contributed by atoms with Gasteiger partial charge >= 0.3 is 0 Å². The van der Waals surface area contributed by atoms with Gasteiger partial charge in [0.05, 0.1) is 0 Å². The summed E-state index contributed by atoms with van der Waals surface area (Å²) in [5, 5.41) is 10.8. The van der Waals surface area contributed by atoms with Crippen LogP contribution in [-0.2, 0) is 16.6 Å². The molecule has 1 rings (SSSR count). The van der Waals surface area contributed by atoms with Gasteiger partial charge in [-0.2, -0.15) is 0 Å². The molecule has 22 heavy (non-hydrogen) atoms. The lowest BCUT2D eigenvalue weighted by Crippen LogP contribution is -2.38. The number of benzene rings is 1. The van der Waals surface area contributed by atoms with Crippen molar-refractivity contribution in [1.82, 2.24) is 0 Å². The van der Waals surface area contributed by atoms with Crippen LogP contribution >= 0.6 is 0 Å². The van der Waals surface area contributed by atoms with Crippen LogP contribution in [0.3, 0.4) is 0 Å². The molecule has 0 fully saturated rings. The third kappa shape index (κ3) is 3.45. The molecule has 4 nitrogen and oxygen atoms in total. The van der Waals surface area contributed by atoms with Gasteiger partial charge < -0.3 is 22.3 Å². The standard InChI is InChI=1S/C18H33N3O/c1-7-16(4,19)12-10-13(17(5,20)8-2)15(22)14(11-12)18(6,21)9-3/h10-11,22H,7-9,19-21H2,1-6H3. The molecule has 0 bridgehead atoms. The molecular formula is C18H33N3O. The lowest BCUT2D eigenvalue weighted by atomic mass is 9.78. The van der Waals surface area contributed by atoms with Gasteiger partial charge in [0.25, 0.3) is 0 Å². The highest BCUT2D eigenvalue weighted by Gasteiger charge is 2.32. The van der Waals surface area contributed by atoms with Gasteiger partial charge in [0.2, 0.25) is 0 Å². The number of hydrogen-bond acceptors (Lipinski definition) is 4. The van der Waals surface area contributed by atoms with E-state index in [2.05, 4.69) is 6.92 Å². The molecule has 0 aromatic heterocycles. The SMILES string of the molecule is CCC(C)(N)c1cc(C(C)(N)CC)c(O)c(C(C)(N)CC)c1. The lowest BCUT2D eigenvalue weighted by Gasteiger charge is -2.34. The van der Waals surface area contributed by atoms with Gasteiger partial charge in [0, 0.05) is 27.7 Å². The Labute approximate surface area is 135 Å². The molecule has 3 atom stereocenters. The van der Waals surface area contributed by atoms with Crippen molar-refractivity contribution in [3.63, 3.8) is 0 Å². The highest BCUT2D eigenvalue weighted by atomic mass is 16.3. The minimum atomic E-state index is -0.623. The fraction of sp³-hybridized carbons (Fsp3) is 0.667. The average molecular weight is 307 g/mol. The molecule has 7 N–H and O–H groups in total. The molecule has 0 saturated carbocycles. The molecule has 1 aromatic rings. The van der Waals surface area contributed by atoms with Crippen LogP contribution in [0.2, 0.25) is 0 Å². The number of hydrogen-bond donors (Lipinski definition) is 4. The largest absolute Gasteiger partial charge is 0.507 e. The second-order valence-electron chi connectivity index (χ2n) is 7.23. The monoisotopic (exact) mass is 307 g/mol. The molecule has 0 heterocycles. The summed E-state index contributed by atoms with van der Waals surface area (Å²) in [5.74, 6) is 0.203. The zero-order chi connectivity index (χ0) is 17.3. The smallest absolute Gasteiger partial charge is 0.125 e. The van der Waals surface area contributed by atoms with Crippen LogP contribution in [0.25, 0.3) is 0 Å². The van der Waals surface area contributed by atoms with Gasteiger partial charge in [-0.1, -0.05) is 20.8 Å². The van der Waals surface area contributed by atoms with E-state index in [4.69, 9.17) is 17.2 Å². The van der Waals surface area contributed by atoms with Crippen LogP contribution < -0.4 is 17.2 Å². The Hall–Kier alpha value is -1.10. The molecule has 0 aliphatic carbocycles. The van der Waals surface area contributed by atoms with Crippen molar-refractivity contribution in [1.29, 1.82) is 0 Å². The van der Waals surface area contributed by atoms with Crippen LogP contribution in [0.4, 0.5) is 0 Å². The van der Waals surface area contributed by atoms with E-state index in [0.29, 0.717) is 12.8 Å². The first-order valence-corrected chi connectivity index (χ1v) is 8.18. The summed E-state index contributed by atoms with van der Waals surface area (Å²) < 4.78 is 0. The molecule has 0 saturated heterocycles. The van der Waals surface area contributed by atoms with Crippen molar-refractivity contribution in [3.05, 3.63) is 28.8 Å². The van der Waals surface area contributed by atoms with Crippen molar-refractivity contribution in [3.8, 4) is 5.75 Å². The summed E-state index contributed by atoms with van der Waals surface area (Å²) in [5.41, 5.74) is 19.9. The van der Waals surface area contributed by atoms with Crippen molar-refractivity contribution in [2.24, 2.45) is 17.2 Å². The van der Waals surface area contributed by atoms with Gasteiger partial charge in [-0.15, -0.1) is 0 Å². The molecule has 0 radical (unpaired) electrons. The van der Waals surface area contributed by atoms with E-state index in [-0.39, 0.29) is 5.75 Å². The van der Waals surface area contributed by atoms with Gasteiger partial charge in [-0.3, -0.25) is 0 Å². The van der Waals surface area contributed by atoms with Crippen molar-refractivity contribution in [2.75, 3.05) is 0 Å². The minimum absolute atomic E-state index is 0.203. The number of phenolic OH excluding ortho intramolecular Hbond substituents is 1. The summed E-state index contributed by atoms with van der Waals surface area (Å²) in [6.45, 7) is 11.9. The fourth-order valence-electron chi connectivity index (χ4n) is 2.42. The van der Waals surface area contributed by atoms with E-state index in [0.717, 1.165) is 23.1 Å². The summed E-state index contributed by atoms with van der Waals surface area (Å²) in [6, 6.07) is 3.88. The second kappa shape index (κ2) is 6.19. The Kier molecular flexibility index (Phi) is 5.33. The molecule has 126 valence electrons. The van der Waals surface area contributed by atoms with Crippen molar-refractivity contribution in [2.45, 2.75) is 77.4 Å². The first kappa shape index (κ1) is 18.9. The van der Waals surface area contributed by atoms with E-state index in [1.54, 1.807) is 0 Å². The first-order chi connectivity index (χ1) is 9.93. The van der Waals surface area contributed by atoms with Crippen molar-refractivity contribution >= 4 is 0 Å². The molecule has 0 aliphatic rings. The fourth-order valence-corrected chi connectivity index (χ4v) is 2.42. The highest BCUT2D eigenvalue weighted by molar-refractivity contribution is 5.51. The molecule has 0 amide bonds. The molecular weight excluding hydrogens is 274 g/mol. The summed E-state index contributed by atoms with van der Waals surface area (Å²) in [7, 11) is 0. The maximum absolute atomic E-state index is 10.8. The number of phenols is 1. The van der Waals surface area contributed by atoms with Crippen LogP contribution in [0.1, 0.15) is 77.5 Å². The topological polar surface area (TPSA) is 98.3 Å². The number of rotatable bonds is 6. The van der Waals surface area contributed by atoms with Crippen LogP contribution in [0, 0.1) is 0 Å². The Morgan fingerprint density at radius 2 is 1.09 bits per heavy atom. The molecule has 4 heteroatoms. The first-order valence-electron chi connectivity index (χ1n) is 8.18. The van der Waals surface area contributed by atoms with E-state index in [1.807, 2.05) is 46.8 Å². The van der Waals surface area contributed by atoms with E-state index >= 15 is 0 Å². The lowest BCUT2D eigenvalue weighted by molar-refractivity contribution is 0.382. The summed E-state index contributed by atoms with van der Waals surface area (Å²) in [4.78, 5) is 0. The Bertz CT molecular complexity index is 496. The zero-order valence-corrected chi connectivity index (χ0v) is 15.0. The highest BCUT2D eigenvalue weighted by Crippen LogP contribution is 2.40. The molecule has 0 spiro atoms. The van der Waals surface area contributed by atoms with Gasteiger partial charge in [-0.25, -0.2) is 0 Å². The van der Waals surface area contributed by atoms with E-state index < -0.39 is 16.6 Å². The summed E-state index contributed by atoms with van der Waals surface area (Å²) in [6.07, 6.45) is 2.21.